The number of methoxy groups -OCH3 is 1. The molecule has 0 radical (unpaired) electrons. The number of ether oxygens (including phenoxy) is 2. The monoisotopic (exact) mass is 395 g/mol. The van der Waals surface area contributed by atoms with Crippen LogP contribution >= 0.6 is 0 Å². The summed E-state index contributed by atoms with van der Waals surface area (Å²) >= 11 is 0. The van der Waals surface area contributed by atoms with E-state index >= 15 is 0 Å². The number of hydrogen-bond acceptors (Lipinski definition) is 4. The maximum Gasteiger partial charge on any atom is 0.248 e. The predicted octanol–water partition coefficient (Wildman–Crippen LogP) is 4.46. The molecule has 29 heavy (non-hydrogen) atoms. The van der Waals surface area contributed by atoms with E-state index in [1.54, 1.807) is 54.4 Å². The Morgan fingerprint density at radius 1 is 1.21 bits per heavy atom. The first-order chi connectivity index (χ1) is 14.0. The van der Waals surface area contributed by atoms with Crippen LogP contribution in [0, 0.1) is 5.82 Å². The van der Waals surface area contributed by atoms with E-state index in [1.165, 1.54) is 18.5 Å². The Labute approximate surface area is 168 Å². The summed E-state index contributed by atoms with van der Waals surface area (Å²) in [7, 11) is 1.56. The van der Waals surface area contributed by atoms with Crippen molar-refractivity contribution in [3.8, 4) is 17.2 Å². The van der Waals surface area contributed by atoms with Gasteiger partial charge in [-0.15, -0.1) is 0 Å². The predicted molar refractivity (Wildman–Crippen MR) is 110 cm³/mol. The van der Waals surface area contributed by atoms with Crippen molar-refractivity contribution in [2.75, 3.05) is 12.4 Å². The molecule has 3 rings (SSSR count). The molecule has 0 bridgehead atoms. The molecule has 0 aliphatic rings. The van der Waals surface area contributed by atoms with E-state index in [4.69, 9.17) is 9.47 Å². The molecule has 1 aromatic heterocycles. The number of hydrogen-bond donors (Lipinski definition) is 1. The van der Waals surface area contributed by atoms with Gasteiger partial charge in [-0.05, 0) is 55.8 Å². The summed E-state index contributed by atoms with van der Waals surface area (Å²) in [5, 5.41) is 2.65. The third-order valence-electron chi connectivity index (χ3n) is 3.98. The number of carbonyl (C=O) groups excluding carboxylic acids is 1. The van der Waals surface area contributed by atoms with Gasteiger partial charge in [0.15, 0.2) is 11.5 Å². The minimum atomic E-state index is -0.463. The largest absolute Gasteiger partial charge is 0.493 e. The summed E-state index contributed by atoms with van der Waals surface area (Å²) in [6, 6.07) is 9.87. The zero-order chi connectivity index (χ0) is 20.8. The highest BCUT2D eigenvalue weighted by Gasteiger charge is 2.08. The molecule has 1 N–H and O–H groups in total. The average molecular weight is 395 g/mol. The fourth-order valence-electron chi connectivity index (χ4n) is 2.69. The van der Waals surface area contributed by atoms with E-state index in [0.29, 0.717) is 22.9 Å². The van der Waals surface area contributed by atoms with Crippen molar-refractivity contribution in [3.05, 3.63) is 72.6 Å². The molecule has 0 unspecified atom stereocenters. The lowest BCUT2D eigenvalue weighted by atomic mass is 10.2. The van der Waals surface area contributed by atoms with Crippen molar-refractivity contribution in [2.45, 2.75) is 20.0 Å². The number of nitrogens with one attached hydrogen (secondary N) is 1. The fraction of sp³-hybridized carbons (Fsp3) is 0.182. The van der Waals surface area contributed by atoms with Gasteiger partial charge in [-0.25, -0.2) is 9.37 Å². The highest BCUT2D eigenvalue weighted by molar-refractivity contribution is 6.02. The number of rotatable bonds is 7. The van der Waals surface area contributed by atoms with Crippen LogP contribution in [0.3, 0.4) is 0 Å². The summed E-state index contributed by atoms with van der Waals surface area (Å²) in [5.41, 5.74) is 1.49. The molecule has 0 aliphatic carbocycles. The fourth-order valence-corrected chi connectivity index (χ4v) is 2.69. The van der Waals surface area contributed by atoms with E-state index in [1.807, 2.05) is 19.9 Å². The van der Waals surface area contributed by atoms with Crippen molar-refractivity contribution < 1.29 is 18.7 Å². The van der Waals surface area contributed by atoms with Crippen molar-refractivity contribution in [1.29, 1.82) is 0 Å². The molecule has 0 aliphatic heterocycles. The molecule has 2 aromatic carbocycles. The Balaban J connectivity index is 1.67. The molecular weight excluding hydrogens is 373 g/mol. The summed E-state index contributed by atoms with van der Waals surface area (Å²) < 4.78 is 26.8. The molecule has 1 heterocycles. The average Bonchev–Trinajstić information content (AvgIpc) is 3.21. The Hall–Kier alpha value is -3.61. The topological polar surface area (TPSA) is 65.4 Å². The second-order valence-electron chi connectivity index (χ2n) is 6.54. The smallest absolute Gasteiger partial charge is 0.248 e. The highest BCUT2D eigenvalue weighted by atomic mass is 19.1. The van der Waals surface area contributed by atoms with Crippen LogP contribution in [0.5, 0.6) is 11.5 Å². The van der Waals surface area contributed by atoms with E-state index in [0.717, 1.165) is 5.56 Å². The minimum absolute atomic E-state index is 0.0247. The van der Waals surface area contributed by atoms with Crippen LogP contribution in [0.4, 0.5) is 10.1 Å². The van der Waals surface area contributed by atoms with Crippen molar-refractivity contribution >= 4 is 17.7 Å². The SMILES string of the molecule is COc1cc(C=CC(=O)Nc2ccc(-n3ccnc3)c(F)c2)ccc1OC(C)C. The van der Waals surface area contributed by atoms with Crippen LogP contribution in [0.1, 0.15) is 19.4 Å². The summed E-state index contributed by atoms with van der Waals surface area (Å²) in [5.74, 6) is 0.382. The number of halogens is 1. The van der Waals surface area contributed by atoms with Gasteiger partial charge in [0.05, 0.1) is 25.2 Å². The Morgan fingerprint density at radius 3 is 2.69 bits per heavy atom. The molecular formula is C22H22FN3O3. The van der Waals surface area contributed by atoms with Crippen molar-refractivity contribution in [3.63, 3.8) is 0 Å². The Kier molecular flexibility index (Phi) is 6.29. The minimum Gasteiger partial charge on any atom is -0.493 e. The summed E-state index contributed by atoms with van der Waals surface area (Å²) in [6.07, 6.45) is 7.76. The second-order valence-corrected chi connectivity index (χ2v) is 6.54. The van der Waals surface area contributed by atoms with Crippen LogP contribution in [-0.4, -0.2) is 28.7 Å². The number of nitrogens with zero attached hydrogens (tertiary/aromatic N) is 2. The lowest BCUT2D eigenvalue weighted by Crippen LogP contribution is -2.08. The number of benzene rings is 2. The van der Waals surface area contributed by atoms with E-state index in [9.17, 15) is 9.18 Å². The van der Waals surface area contributed by atoms with E-state index in [2.05, 4.69) is 10.3 Å². The first-order valence-corrected chi connectivity index (χ1v) is 9.08. The van der Waals surface area contributed by atoms with Gasteiger partial charge in [-0.2, -0.15) is 0 Å². The van der Waals surface area contributed by atoms with Gasteiger partial charge < -0.3 is 19.4 Å². The van der Waals surface area contributed by atoms with Crippen molar-refractivity contribution in [1.82, 2.24) is 9.55 Å². The van der Waals surface area contributed by atoms with Crippen LogP contribution in [0.2, 0.25) is 0 Å². The number of amides is 1. The maximum atomic E-state index is 14.3. The van der Waals surface area contributed by atoms with Gasteiger partial charge in [0.25, 0.3) is 0 Å². The molecule has 0 spiro atoms. The third kappa shape index (κ3) is 5.22. The maximum absolute atomic E-state index is 14.3. The molecule has 1 amide bonds. The van der Waals surface area contributed by atoms with Crippen LogP contribution < -0.4 is 14.8 Å². The quantitative estimate of drug-likeness (QED) is 0.600. The number of imidazole rings is 1. The number of aromatic nitrogens is 2. The first-order valence-electron chi connectivity index (χ1n) is 9.08. The van der Waals surface area contributed by atoms with Crippen LogP contribution in [0.15, 0.2) is 61.2 Å². The van der Waals surface area contributed by atoms with E-state index < -0.39 is 5.82 Å². The van der Waals surface area contributed by atoms with Gasteiger partial charge in [-0.1, -0.05) is 6.07 Å². The van der Waals surface area contributed by atoms with Gasteiger partial charge >= 0.3 is 0 Å². The summed E-state index contributed by atoms with van der Waals surface area (Å²) in [6.45, 7) is 3.87. The van der Waals surface area contributed by atoms with Gasteiger partial charge in [0.2, 0.25) is 5.91 Å². The molecule has 0 atom stereocenters. The third-order valence-corrected chi connectivity index (χ3v) is 3.98. The lowest BCUT2D eigenvalue weighted by Gasteiger charge is -2.13. The number of anilines is 1. The lowest BCUT2D eigenvalue weighted by molar-refractivity contribution is -0.111. The Morgan fingerprint density at radius 2 is 2.03 bits per heavy atom. The van der Waals surface area contributed by atoms with Crippen molar-refractivity contribution in [2.24, 2.45) is 0 Å². The van der Waals surface area contributed by atoms with Gasteiger partial charge in [0.1, 0.15) is 5.82 Å². The second kappa shape index (κ2) is 9.05. The molecule has 3 aromatic rings. The van der Waals surface area contributed by atoms with Crippen LogP contribution in [-0.2, 0) is 4.79 Å². The number of carbonyl (C=O) groups is 1. The van der Waals surface area contributed by atoms with Gasteiger partial charge in [-0.3, -0.25) is 4.79 Å². The summed E-state index contributed by atoms with van der Waals surface area (Å²) in [4.78, 5) is 16.1. The zero-order valence-corrected chi connectivity index (χ0v) is 16.4. The normalized spacial score (nSPS) is 11.1. The molecule has 6 nitrogen and oxygen atoms in total. The molecule has 0 fully saturated rings. The molecule has 0 saturated heterocycles. The van der Waals surface area contributed by atoms with Crippen LogP contribution in [0.25, 0.3) is 11.8 Å². The molecule has 150 valence electrons. The van der Waals surface area contributed by atoms with E-state index in [-0.39, 0.29) is 12.0 Å². The molecule has 0 saturated carbocycles. The molecule has 7 heteroatoms. The Bertz CT molecular complexity index is 1010. The van der Waals surface area contributed by atoms with Gasteiger partial charge in [0, 0.05) is 24.2 Å². The standard InChI is InChI=1S/C22H22FN3O3/c1-15(2)29-20-8-4-16(12-21(20)28-3)5-9-22(27)25-17-6-7-19(18(23)13-17)26-11-10-24-14-26/h4-15H,1-3H3,(H,25,27). The highest BCUT2D eigenvalue weighted by Crippen LogP contribution is 2.29. The first kappa shape index (κ1) is 20.1. The zero-order valence-electron chi connectivity index (χ0n) is 16.4.